The van der Waals surface area contributed by atoms with Crippen LogP contribution in [0.25, 0.3) is 27.9 Å². The Hall–Kier alpha value is -3.77. The Morgan fingerprint density at radius 2 is 1.68 bits per heavy atom. The number of rotatable bonds is 6. The Bertz CT molecular complexity index is 1280. The van der Waals surface area contributed by atoms with E-state index in [-0.39, 0.29) is 0 Å². The summed E-state index contributed by atoms with van der Waals surface area (Å²) in [5.41, 5.74) is 7.68. The first-order valence-electron chi connectivity index (χ1n) is 11.7. The standard InChI is InChI=1S/C28H32N6/c1-20(32(2)3)21-5-7-22(8-6-21)27-19-25-26(31-27)13-14-29-28(25)30-23-9-11-24(12-10-23)34-17-15-33(4)16-18-34/h5-14,19,31H,1,15-18H2,2-4H3,(H,29,30). The smallest absolute Gasteiger partial charge is 0.139 e. The SMILES string of the molecule is C=C(c1ccc(-c2cc3c(Nc4ccc(N5CCN(C)CC5)cc4)nccc3[nH]2)cc1)N(C)C. The van der Waals surface area contributed by atoms with Crippen molar-refractivity contribution in [2.24, 2.45) is 0 Å². The highest BCUT2D eigenvalue weighted by Crippen LogP contribution is 2.31. The van der Waals surface area contributed by atoms with Gasteiger partial charge < -0.3 is 25.0 Å². The first kappa shape index (κ1) is 22.0. The molecule has 1 saturated heterocycles. The number of pyridine rings is 1. The molecule has 6 nitrogen and oxygen atoms in total. The third-order valence-corrected chi connectivity index (χ3v) is 6.62. The predicted molar refractivity (Wildman–Crippen MR) is 144 cm³/mol. The molecular formula is C28H32N6. The number of fused-ring (bicyclic) bond motifs is 1. The van der Waals surface area contributed by atoms with E-state index in [1.165, 1.54) is 5.69 Å². The summed E-state index contributed by atoms with van der Waals surface area (Å²) in [5, 5.41) is 4.58. The highest BCUT2D eigenvalue weighted by atomic mass is 15.2. The van der Waals surface area contributed by atoms with Gasteiger partial charge in [-0.25, -0.2) is 4.98 Å². The quantitative estimate of drug-likeness (QED) is 0.418. The van der Waals surface area contributed by atoms with Gasteiger partial charge in [0.2, 0.25) is 0 Å². The Labute approximate surface area is 201 Å². The monoisotopic (exact) mass is 452 g/mol. The minimum atomic E-state index is 0.852. The van der Waals surface area contributed by atoms with Crippen molar-refractivity contribution in [1.29, 1.82) is 0 Å². The molecule has 0 saturated carbocycles. The van der Waals surface area contributed by atoms with Gasteiger partial charge in [0, 0.05) is 74.6 Å². The van der Waals surface area contributed by atoms with Crippen molar-refractivity contribution < 1.29 is 0 Å². The molecule has 6 heteroatoms. The van der Waals surface area contributed by atoms with Gasteiger partial charge in [-0.15, -0.1) is 0 Å². The lowest BCUT2D eigenvalue weighted by molar-refractivity contribution is 0.313. The summed E-state index contributed by atoms with van der Waals surface area (Å²) in [6.07, 6.45) is 1.84. The number of likely N-dealkylation sites (N-methyl/N-ethyl adjacent to an activating group) is 1. The van der Waals surface area contributed by atoms with Gasteiger partial charge in [0.25, 0.3) is 0 Å². The van der Waals surface area contributed by atoms with Gasteiger partial charge >= 0.3 is 0 Å². The second kappa shape index (κ2) is 9.23. The van der Waals surface area contributed by atoms with Gasteiger partial charge in [-0.2, -0.15) is 0 Å². The van der Waals surface area contributed by atoms with Gasteiger partial charge in [-0.1, -0.05) is 30.8 Å². The van der Waals surface area contributed by atoms with Crippen LogP contribution in [0.15, 0.2) is 73.4 Å². The summed E-state index contributed by atoms with van der Waals surface area (Å²) in [6, 6.07) is 21.3. The number of aromatic nitrogens is 2. The Kier molecular flexibility index (Phi) is 5.99. The highest BCUT2D eigenvalue weighted by Gasteiger charge is 2.14. The number of nitrogens with one attached hydrogen (secondary N) is 2. The zero-order valence-corrected chi connectivity index (χ0v) is 20.2. The summed E-state index contributed by atoms with van der Waals surface area (Å²) < 4.78 is 0. The largest absolute Gasteiger partial charge is 0.378 e. The lowest BCUT2D eigenvalue weighted by atomic mass is 10.1. The molecule has 0 radical (unpaired) electrons. The number of hydrogen-bond donors (Lipinski definition) is 2. The van der Waals surface area contributed by atoms with Crippen LogP contribution in [0.4, 0.5) is 17.2 Å². The van der Waals surface area contributed by atoms with Crippen molar-refractivity contribution in [2.75, 3.05) is 57.5 Å². The van der Waals surface area contributed by atoms with Gasteiger partial charge in [-0.3, -0.25) is 0 Å². The fourth-order valence-electron chi connectivity index (χ4n) is 4.37. The predicted octanol–water partition coefficient (Wildman–Crippen LogP) is 5.26. The molecule has 0 unspecified atom stereocenters. The van der Waals surface area contributed by atoms with Crippen LogP contribution in [-0.4, -0.2) is 67.1 Å². The first-order chi connectivity index (χ1) is 16.5. The molecule has 0 amide bonds. The minimum absolute atomic E-state index is 0.852. The molecule has 3 heterocycles. The third kappa shape index (κ3) is 4.50. The van der Waals surface area contributed by atoms with Gasteiger partial charge in [0.15, 0.2) is 0 Å². The number of hydrogen-bond acceptors (Lipinski definition) is 5. The molecule has 1 aliphatic rings. The molecule has 0 spiro atoms. The van der Waals surface area contributed by atoms with E-state index in [0.29, 0.717) is 0 Å². The van der Waals surface area contributed by atoms with Gasteiger partial charge in [0.1, 0.15) is 5.82 Å². The number of aromatic amines is 1. The average molecular weight is 453 g/mol. The van der Waals surface area contributed by atoms with E-state index >= 15 is 0 Å². The number of benzene rings is 2. The van der Waals surface area contributed by atoms with E-state index < -0.39 is 0 Å². The van der Waals surface area contributed by atoms with Crippen LogP contribution in [0.5, 0.6) is 0 Å². The molecule has 4 aromatic rings. The second-order valence-electron chi connectivity index (χ2n) is 9.18. The Morgan fingerprint density at radius 3 is 2.35 bits per heavy atom. The second-order valence-corrected chi connectivity index (χ2v) is 9.18. The summed E-state index contributed by atoms with van der Waals surface area (Å²) >= 11 is 0. The molecule has 1 fully saturated rings. The fraction of sp³-hybridized carbons (Fsp3) is 0.250. The molecule has 2 aromatic carbocycles. The summed E-state index contributed by atoms with van der Waals surface area (Å²) in [6.45, 7) is 8.50. The highest BCUT2D eigenvalue weighted by molar-refractivity contribution is 5.95. The zero-order chi connectivity index (χ0) is 23.7. The van der Waals surface area contributed by atoms with Crippen LogP contribution in [0.1, 0.15) is 5.56 Å². The van der Waals surface area contributed by atoms with Crippen molar-refractivity contribution in [3.8, 4) is 11.3 Å². The molecule has 34 heavy (non-hydrogen) atoms. The minimum Gasteiger partial charge on any atom is -0.378 e. The number of piperazine rings is 1. The lowest BCUT2D eigenvalue weighted by Crippen LogP contribution is -2.44. The maximum absolute atomic E-state index is 4.62. The topological polar surface area (TPSA) is 50.4 Å². The van der Waals surface area contributed by atoms with Crippen molar-refractivity contribution >= 4 is 33.8 Å². The molecule has 0 atom stereocenters. The molecule has 0 bridgehead atoms. The third-order valence-electron chi connectivity index (χ3n) is 6.62. The molecule has 174 valence electrons. The average Bonchev–Trinajstić information content (AvgIpc) is 3.30. The maximum atomic E-state index is 4.62. The van der Waals surface area contributed by atoms with Crippen molar-refractivity contribution in [3.63, 3.8) is 0 Å². The molecule has 2 N–H and O–H groups in total. The Morgan fingerprint density at radius 1 is 0.971 bits per heavy atom. The summed E-state index contributed by atoms with van der Waals surface area (Å²) in [5.74, 6) is 0.852. The normalized spacial score (nSPS) is 14.4. The van der Waals surface area contributed by atoms with E-state index in [9.17, 15) is 0 Å². The van der Waals surface area contributed by atoms with E-state index in [2.05, 4.69) is 93.3 Å². The van der Waals surface area contributed by atoms with Crippen LogP contribution >= 0.6 is 0 Å². The number of nitrogens with zero attached hydrogens (tertiary/aromatic N) is 4. The molecule has 2 aromatic heterocycles. The van der Waals surface area contributed by atoms with Crippen molar-refractivity contribution in [2.45, 2.75) is 0 Å². The van der Waals surface area contributed by atoms with Crippen LogP contribution in [0.2, 0.25) is 0 Å². The molecule has 0 aliphatic carbocycles. The van der Waals surface area contributed by atoms with Crippen LogP contribution < -0.4 is 10.2 Å². The van der Waals surface area contributed by atoms with E-state index in [1.807, 2.05) is 31.3 Å². The number of anilines is 3. The molecule has 5 rings (SSSR count). The number of H-pyrrole nitrogens is 1. The van der Waals surface area contributed by atoms with Crippen LogP contribution in [0, 0.1) is 0 Å². The van der Waals surface area contributed by atoms with E-state index in [4.69, 9.17) is 0 Å². The van der Waals surface area contributed by atoms with Crippen LogP contribution in [-0.2, 0) is 0 Å². The van der Waals surface area contributed by atoms with Crippen LogP contribution in [0.3, 0.4) is 0 Å². The summed E-state index contributed by atoms with van der Waals surface area (Å²) in [7, 11) is 6.20. The summed E-state index contributed by atoms with van der Waals surface area (Å²) in [4.78, 5) is 15.0. The van der Waals surface area contributed by atoms with Gasteiger partial charge in [-0.05, 0) is 54.6 Å². The molecule has 1 aliphatic heterocycles. The zero-order valence-electron chi connectivity index (χ0n) is 20.2. The van der Waals surface area contributed by atoms with Crippen molar-refractivity contribution in [3.05, 3.63) is 79.0 Å². The molecular weight excluding hydrogens is 420 g/mol. The maximum Gasteiger partial charge on any atom is 0.139 e. The lowest BCUT2D eigenvalue weighted by Gasteiger charge is -2.34. The van der Waals surface area contributed by atoms with E-state index in [1.54, 1.807) is 0 Å². The Balaban J connectivity index is 1.35. The van der Waals surface area contributed by atoms with Crippen molar-refractivity contribution in [1.82, 2.24) is 19.8 Å². The van der Waals surface area contributed by atoms with Gasteiger partial charge in [0.05, 0.1) is 5.52 Å². The first-order valence-corrected chi connectivity index (χ1v) is 11.7. The fourth-order valence-corrected chi connectivity index (χ4v) is 4.37. The van der Waals surface area contributed by atoms with E-state index in [0.717, 1.165) is 71.1 Å².